The third-order valence-corrected chi connectivity index (χ3v) is 7.47. The van der Waals surface area contributed by atoms with Crippen molar-refractivity contribution < 1.29 is 9.90 Å². The maximum absolute atomic E-state index is 11.2. The van der Waals surface area contributed by atoms with Crippen molar-refractivity contribution >= 4 is 34.9 Å². The molecule has 0 bridgehead atoms. The molecule has 2 aliphatic heterocycles. The van der Waals surface area contributed by atoms with E-state index in [0.717, 1.165) is 44.7 Å². The number of hydrogen-bond acceptors (Lipinski definition) is 3. The molecule has 2 aromatic carbocycles. The zero-order valence-electron chi connectivity index (χ0n) is 17.4. The first-order chi connectivity index (χ1) is 14.3. The summed E-state index contributed by atoms with van der Waals surface area (Å²) in [5, 5.41) is 10.6. The fourth-order valence-corrected chi connectivity index (χ4v) is 5.33. The molecule has 6 heteroatoms. The molecule has 2 fully saturated rings. The lowest BCUT2D eigenvalue weighted by Crippen LogP contribution is -2.47. The molecule has 1 N–H and O–H groups in total. The van der Waals surface area contributed by atoms with Gasteiger partial charge in [-0.3, -0.25) is 9.69 Å². The molecule has 0 aliphatic carbocycles. The van der Waals surface area contributed by atoms with E-state index in [4.69, 9.17) is 23.2 Å². The lowest BCUT2D eigenvalue weighted by atomic mass is 9.85. The Morgan fingerprint density at radius 1 is 1.00 bits per heavy atom. The first-order valence-electron chi connectivity index (χ1n) is 10.5. The van der Waals surface area contributed by atoms with Gasteiger partial charge in [-0.1, -0.05) is 53.5 Å². The van der Waals surface area contributed by atoms with Crippen LogP contribution in [-0.2, 0) is 10.3 Å². The SMILES string of the molecule is CC(C)(c1ccc(C2CN(c3c(Cl)cccc3Cl)C2)cc1)N1CCC(C(=O)O)CC1. The number of carbonyl (C=O) groups is 1. The lowest BCUT2D eigenvalue weighted by molar-refractivity contribution is -0.143. The fourth-order valence-electron chi connectivity index (χ4n) is 4.69. The van der Waals surface area contributed by atoms with E-state index < -0.39 is 5.97 Å². The predicted molar refractivity (Wildman–Crippen MR) is 123 cm³/mol. The molecule has 2 aliphatic rings. The molecule has 0 saturated carbocycles. The van der Waals surface area contributed by atoms with Gasteiger partial charge in [0.05, 0.1) is 21.7 Å². The van der Waals surface area contributed by atoms with Crippen molar-refractivity contribution in [3.63, 3.8) is 0 Å². The number of rotatable bonds is 5. The number of likely N-dealkylation sites (tertiary alicyclic amines) is 1. The lowest BCUT2D eigenvalue weighted by Gasteiger charge is -2.44. The third-order valence-electron chi connectivity index (χ3n) is 6.86. The van der Waals surface area contributed by atoms with Gasteiger partial charge in [0.15, 0.2) is 0 Å². The van der Waals surface area contributed by atoms with Crippen LogP contribution >= 0.6 is 23.2 Å². The van der Waals surface area contributed by atoms with Gasteiger partial charge in [-0.2, -0.15) is 0 Å². The maximum atomic E-state index is 11.2. The van der Waals surface area contributed by atoms with Crippen LogP contribution in [0.25, 0.3) is 0 Å². The summed E-state index contributed by atoms with van der Waals surface area (Å²) in [5.41, 5.74) is 3.42. The van der Waals surface area contributed by atoms with Gasteiger partial charge in [-0.05, 0) is 63.0 Å². The predicted octanol–water partition coefficient (Wildman–Crippen LogP) is 5.63. The normalized spacial score (nSPS) is 19.0. The van der Waals surface area contributed by atoms with E-state index in [9.17, 15) is 9.90 Å². The second-order valence-electron chi connectivity index (χ2n) is 8.95. The minimum Gasteiger partial charge on any atom is -0.481 e. The van der Waals surface area contributed by atoms with Gasteiger partial charge in [0.25, 0.3) is 0 Å². The van der Waals surface area contributed by atoms with Crippen molar-refractivity contribution in [2.75, 3.05) is 31.1 Å². The second kappa shape index (κ2) is 8.41. The molecule has 2 saturated heterocycles. The highest BCUT2D eigenvalue weighted by Crippen LogP contribution is 2.40. The first-order valence-corrected chi connectivity index (χ1v) is 11.3. The molecule has 0 aromatic heterocycles. The fraction of sp³-hybridized carbons (Fsp3) is 0.458. The molecule has 4 rings (SSSR count). The monoisotopic (exact) mass is 446 g/mol. The molecule has 0 amide bonds. The van der Waals surface area contributed by atoms with Crippen molar-refractivity contribution in [2.24, 2.45) is 5.92 Å². The highest BCUT2D eigenvalue weighted by atomic mass is 35.5. The molecule has 160 valence electrons. The number of carboxylic acid groups (broad SMARTS) is 1. The minimum atomic E-state index is -0.663. The van der Waals surface area contributed by atoms with Crippen LogP contribution in [0.5, 0.6) is 0 Å². The molecular weight excluding hydrogens is 419 g/mol. The number of benzene rings is 2. The molecule has 4 nitrogen and oxygen atoms in total. The van der Waals surface area contributed by atoms with Crippen LogP contribution in [0.2, 0.25) is 10.0 Å². The topological polar surface area (TPSA) is 43.8 Å². The number of halogens is 2. The minimum absolute atomic E-state index is 0.112. The Morgan fingerprint density at radius 3 is 2.10 bits per heavy atom. The molecule has 2 aromatic rings. The zero-order chi connectivity index (χ0) is 21.5. The smallest absolute Gasteiger partial charge is 0.306 e. The Morgan fingerprint density at radius 2 is 1.57 bits per heavy atom. The first kappa shape index (κ1) is 21.5. The van der Waals surface area contributed by atoms with Gasteiger partial charge in [-0.15, -0.1) is 0 Å². The Hall–Kier alpha value is -1.75. The van der Waals surface area contributed by atoms with E-state index in [0.29, 0.717) is 16.0 Å². The van der Waals surface area contributed by atoms with Crippen LogP contribution in [-0.4, -0.2) is 42.2 Å². The largest absolute Gasteiger partial charge is 0.481 e. The number of para-hydroxylation sites is 1. The summed E-state index contributed by atoms with van der Waals surface area (Å²) in [6.07, 6.45) is 1.44. The standard InChI is InChI=1S/C24H28Cl2N2O2/c1-24(2,28-12-10-17(11-13-28)23(29)30)19-8-6-16(7-9-19)18-14-27(15-18)22-20(25)4-3-5-21(22)26/h3-9,17-18H,10-15H2,1-2H3,(H,29,30). The highest BCUT2D eigenvalue weighted by Gasteiger charge is 2.35. The van der Waals surface area contributed by atoms with Gasteiger partial charge >= 0.3 is 5.97 Å². The average molecular weight is 447 g/mol. The molecule has 30 heavy (non-hydrogen) atoms. The van der Waals surface area contributed by atoms with Gasteiger partial charge in [-0.25, -0.2) is 0 Å². The van der Waals surface area contributed by atoms with Crippen molar-refractivity contribution in [3.8, 4) is 0 Å². The van der Waals surface area contributed by atoms with Crippen LogP contribution in [0.1, 0.15) is 43.7 Å². The Kier molecular flexibility index (Phi) is 6.02. The average Bonchev–Trinajstić information content (AvgIpc) is 2.69. The summed E-state index contributed by atoms with van der Waals surface area (Å²) >= 11 is 12.7. The quantitative estimate of drug-likeness (QED) is 0.646. The van der Waals surface area contributed by atoms with Gasteiger partial charge in [0.1, 0.15) is 0 Å². The van der Waals surface area contributed by atoms with Crippen molar-refractivity contribution in [3.05, 3.63) is 63.6 Å². The molecule has 0 spiro atoms. The van der Waals surface area contributed by atoms with E-state index in [1.165, 1.54) is 11.1 Å². The summed E-state index contributed by atoms with van der Waals surface area (Å²) in [7, 11) is 0. The Bertz CT molecular complexity index is 895. The van der Waals surface area contributed by atoms with Gasteiger partial charge < -0.3 is 10.0 Å². The third kappa shape index (κ3) is 4.05. The number of anilines is 1. The van der Waals surface area contributed by atoms with Crippen LogP contribution in [0, 0.1) is 5.92 Å². The number of carboxylic acids is 1. The van der Waals surface area contributed by atoms with Gasteiger partial charge in [0, 0.05) is 24.5 Å². The van der Waals surface area contributed by atoms with Crippen LogP contribution in [0.15, 0.2) is 42.5 Å². The van der Waals surface area contributed by atoms with E-state index in [1.807, 2.05) is 18.2 Å². The highest BCUT2D eigenvalue weighted by molar-refractivity contribution is 6.39. The number of nitrogens with zero attached hydrogens (tertiary/aromatic N) is 2. The Balaban J connectivity index is 1.39. The van der Waals surface area contributed by atoms with Crippen molar-refractivity contribution in [1.29, 1.82) is 0 Å². The Labute approximate surface area is 188 Å². The summed E-state index contributed by atoms with van der Waals surface area (Å²) in [4.78, 5) is 15.9. The second-order valence-corrected chi connectivity index (χ2v) is 9.77. The molecule has 0 atom stereocenters. The number of piperidine rings is 1. The summed E-state index contributed by atoms with van der Waals surface area (Å²) < 4.78 is 0. The summed E-state index contributed by atoms with van der Waals surface area (Å²) in [6.45, 7) is 7.93. The van der Waals surface area contributed by atoms with Crippen LogP contribution in [0.4, 0.5) is 5.69 Å². The van der Waals surface area contributed by atoms with Gasteiger partial charge in [0.2, 0.25) is 0 Å². The maximum Gasteiger partial charge on any atom is 0.306 e. The summed E-state index contributed by atoms with van der Waals surface area (Å²) in [5.74, 6) is -0.391. The van der Waals surface area contributed by atoms with E-state index in [-0.39, 0.29) is 11.5 Å². The number of hydrogen-bond donors (Lipinski definition) is 1. The summed E-state index contributed by atoms with van der Waals surface area (Å²) in [6, 6.07) is 14.6. The van der Waals surface area contributed by atoms with Crippen LogP contribution < -0.4 is 4.90 Å². The number of aliphatic carboxylic acids is 1. The molecular formula is C24H28Cl2N2O2. The van der Waals surface area contributed by atoms with E-state index in [1.54, 1.807) is 0 Å². The van der Waals surface area contributed by atoms with E-state index in [2.05, 4.69) is 47.9 Å². The van der Waals surface area contributed by atoms with Crippen molar-refractivity contribution in [2.45, 2.75) is 38.1 Å². The van der Waals surface area contributed by atoms with Crippen LogP contribution in [0.3, 0.4) is 0 Å². The molecule has 2 heterocycles. The zero-order valence-corrected chi connectivity index (χ0v) is 19.0. The van der Waals surface area contributed by atoms with E-state index >= 15 is 0 Å². The molecule has 0 radical (unpaired) electrons. The molecule has 0 unspecified atom stereocenters. The van der Waals surface area contributed by atoms with Crippen molar-refractivity contribution in [1.82, 2.24) is 4.90 Å².